The molecular formula is C27H23N5O3S2. The second-order valence-corrected chi connectivity index (χ2v) is 10.4. The van der Waals surface area contributed by atoms with Gasteiger partial charge in [0, 0.05) is 17.8 Å². The number of nitrogens with zero attached hydrogens (tertiary/aromatic N) is 3. The van der Waals surface area contributed by atoms with Crippen molar-refractivity contribution in [3.8, 4) is 11.1 Å². The first-order valence-corrected chi connectivity index (χ1v) is 12.7. The Morgan fingerprint density at radius 3 is 2.70 bits per heavy atom. The number of carboxylic acid groups (broad SMARTS) is 1. The van der Waals surface area contributed by atoms with Gasteiger partial charge in [-0.3, -0.25) is 14.8 Å². The monoisotopic (exact) mass is 529 g/mol. The number of anilines is 1. The van der Waals surface area contributed by atoms with Crippen molar-refractivity contribution in [3.05, 3.63) is 81.4 Å². The van der Waals surface area contributed by atoms with E-state index < -0.39 is 5.97 Å². The zero-order chi connectivity index (χ0) is 26.3. The van der Waals surface area contributed by atoms with Crippen LogP contribution >= 0.6 is 24.0 Å². The number of carbonyl (C=O) groups is 2. The minimum Gasteiger partial charge on any atom is -0.478 e. The molecule has 10 heteroatoms. The van der Waals surface area contributed by atoms with Gasteiger partial charge in [0.05, 0.1) is 15.9 Å². The fourth-order valence-corrected chi connectivity index (χ4v) is 5.82. The fraction of sp³-hybridized carbons (Fsp3) is 0.148. The second kappa shape index (κ2) is 9.79. The number of amides is 1. The van der Waals surface area contributed by atoms with Gasteiger partial charge in [-0.15, -0.1) is 0 Å². The third-order valence-corrected chi connectivity index (χ3v) is 7.71. The zero-order valence-corrected chi connectivity index (χ0v) is 21.7. The summed E-state index contributed by atoms with van der Waals surface area (Å²) >= 11 is 6.77. The summed E-state index contributed by atoms with van der Waals surface area (Å²) in [6.07, 6.45) is 2.42. The molecule has 0 unspecified atom stereocenters. The van der Waals surface area contributed by atoms with Crippen LogP contribution in [-0.2, 0) is 11.2 Å². The maximum atomic E-state index is 13.1. The van der Waals surface area contributed by atoms with Gasteiger partial charge in [0.15, 0.2) is 5.65 Å². The Hall–Kier alpha value is -4.02. The maximum Gasteiger partial charge on any atom is 0.335 e. The van der Waals surface area contributed by atoms with E-state index in [9.17, 15) is 9.59 Å². The predicted molar refractivity (Wildman–Crippen MR) is 150 cm³/mol. The number of H-pyrrole nitrogens is 1. The minimum atomic E-state index is -0.967. The van der Waals surface area contributed by atoms with Crippen LogP contribution in [0.1, 0.15) is 32.7 Å². The van der Waals surface area contributed by atoms with Crippen molar-refractivity contribution in [2.75, 3.05) is 12.3 Å². The molecule has 0 atom stereocenters. The van der Waals surface area contributed by atoms with Crippen LogP contribution in [0.4, 0.5) is 5.82 Å². The van der Waals surface area contributed by atoms with Gasteiger partial charge in [-0.05, 0) is 66.8 Å². The number of thioether (sulfide) groups is 1. The number of fused-ring (bicyclic) bond motifs is 1. The summed E-state index contributed by atoms with van der Waals surface area (Å²) in [6.45, 7) is 4.37. The molecule has 1 saturated heterocycles. The molecule has 186 valence electrons. The van der Waals surface area contributed by atoms with Gasteiger partial charge in [-0.1, -0.05) is 54.3 Å². The van der Waals surface area contributed by atoms with Crippen molar-refractivity contribution < 1.29 is 14.7 Å². The van der Waals surface area contributed by atoms with Crippen molar-refractivity contribution in [1.82, 2.24) is 20.1 Å². The molecule has 1 amide bonds. The quantitative estimate of drug-likeness (QED) is 0.236. The highest BCUT2D eigenvalue weighted by atomic mass is 32.2. The average molecular weight is 530 g/mol. The molecule has 1 aliphatic rings. The number of aromatic amines is 1. The second-order valence-electron chi connectivity index (χ2n) is 8.74. The number of aryl methyl sites for hydroxylation is 2. The lowest BCUT2D eigenvalue weighted by molar-refractivity contribution is -0.122. The number of nitrogens with two attached hydrogens (primary N) is 1. The van der Waals surface area contributed by atoms with E-state index in [1.165, 1.54) is 11.8 Å². The van der Waals surface area contributed by atoms with E-state index in [0.717, 1.165) is 38.9 Å². The highest BCUT2D eigenvalue weighted by molar-refractivity contribution is 8.26. The van der Waals surface area contributed by atoms with Crippen LogP contribution in [0.25, 0.3) is 28.2 Å². The Morgan fingerprint density at radius 1 is 1.22 bits per heavy atom. The van der Waals surface area contributed by atoms with Crippen LogP contribution in [0.5, 0.6) is 0 Å². The van der Waals surface area contributed by atoms with Crippen molar-refractivity contribution in [2.45, 2.75) is 20.3 Å². The number of thiocarbonyl (C=S) groups is 1. The predicted octanol–water partition coefficient (Wildman–Crippen LogP) is 4.97. The van der Waals surface area contributed by atoms with Gasteiger partial charge in [-0.2, -0.15) is 5.10 Å². The van der Waals surface area contributed by atoms with Gasteiger partial charge in [0.2, 0.25) is 0 Å². The molecule has 5 rings (SSSR count). The summed E-state index contributed by atoms with van der Waals surface area (Å²) < 4.78 is 0.506. The molecule has 0 bridgehead atoms. The molecule has 4 aromatic rings. The summed E-state index contributed by atoms with van der Waals surface area (Å²) in [5.41, 5.74) is 12.5. The van der Waals surface area contributed by atoms with E-state index in [0.29, 0.717) is 33.7 Å². The first kappa shape index (κ1) is 24.7. The SMILES string of the molecule is Cc1nc2n[nH]c(N)c2c(C)c1-c1cccc(/C=C2\SC(=S)N(CCc3ccc(C(=O)O)cc3)C2=O)c1. The molecule has 37 heavy (non-hydrogen) atoms. The lowest BCUT2D eigenvalue weighted by Crippen LogP contribution is -2.30. The van der Waals surface area contributed by atoms with Crippen LogP contribution in [0, 0.1) is 13.8 Å². The topological polar surface area (TPSA) is 125 Å². The molecule has 2 aromatic carbocycles. The Morgan fingerprint density at radius 2 is 1.97 bits per heavy atom. The number of nitrogen functional groups attached to an aromatic ring is 1. The summed E-state index contributed by atoms with van der Waals surface area (Å²) in [5, 5.41) is 16.8. The van der Waals surface area contributed by atoms with Crippen LogP contribution in [0.15, 0.2) is 53.4 Å². The summed E-state index contributed by atoms with van der Waals surface area (Å²) in [6, 6.07) is 14.6. The molecular weight excluding hydrogens is 506 g/mol. The van der Waals surface area contributed by atoms with E-state index >= 15 is 0 Å². The van der Waals surface area contributed by atoms with E-state index in [1.807, 2.05) is 44.2 Å². The van der Waals surface area contributed by atoms with Gasteiger partial charge in [-0.25, -0.2) is 9.78 Å². The molecule has 0 saturated carbocycles. The number of rotatable bonds is 6. The van der Waals surface area contributed by atoms with E-state index in [2.05, 4.69) is 15.2 Å². The molecule has 8 nitrogen and oxygen atoms in total. The average Bonchev–Trinajstić information content (AvgIpc) is 3.36. The van der Waals surface area contributed by atoms with Crippen LogP contribution < -0.4 is 5.73 Å². The fourth-order valence-electron chi connectivity index (χ4n) is 4.52. The Bertz CT molecular complexity index is 1610. The first-order valence-electron chi connectivity index (χ1n) is 11.5. The first-order chi connectivity index (χ1) is 17.7. The largest absolute Gasteiger partial charge is 0.478 e. The minimum absolute atomic E-state index is 0.135. The van der Waals surface area contributed by atoms with Gasteiger partial charge >= 0.3 is 5.97 Å². The number of carboxylic acids is 1. The number of aromatic nitrogens is 3. The normalized spacial score (nSPS) is 14.8. The number of nitrogens with one attached hydrogen (secondary N) is 1. The van der Waals surface area contributed by atoms with Crippen molar-refractivity contribution in [2.24, 2.45) is 0 Å². The number of carbonyl (C=O) groups excluding carboxylic acids is 1. The smallest absolute Gasteiger partial charge is 0.335 e. The Kier molecular flexibility index (Phi) is 6.53. The summed E-state index contributed by atoms with van der Waals surface area (Å²) in [7, 11) is 0. The number of benzene rings is 2. The van der Waals surface area contributed by atoms with Crippen molar-refractivity contribution in [1.29, 1.82) is 0 Å². The Labute approximate surface area is 222 Å². The molecule has 4 N–H and O–H groups in total. The molecule has 1 fully saturated rings. The molecule has 2 aromatic heterocycles. The third-order valence-electron chi connectivity index (χ3n) is 6.33. The molecule has 3 heterocycles. The molecule has 0 aliphatic carbocycles. The number of aromatic carboxylic acids is 1. The van der Waals surface area contributed by atoms with Crippen molar-refractivity contribution >= 4 is 63.1 Å². The van der Waals surface area contributed by atoms with E-state index in [1.54, 1.807) is 29.2 Å². The highest BCUT2D eigenvalue weighted by Crippen LogP contribution is 2.35. The highest BCUT2D eigenvalue weighted by Gasteiger charge is 2.31. The van der Waals surface area contributed by atoms with Gasteiger partial charge < -0.3 is 10.8 Å². The van der Waals surface area contributed by atoms with Crippen LogP contribution in [0.3, 0.4) is 0 Å². The molecule has 1 aliphatic heterocycles. The Balaban J connectivity index is 1.37. The zero-order valence-electron chi connectivity index (χ0n) is 20.1. The lowest BCUT2D eigenvalue weighted by atomic mass is 9.96. The summed E-state index contributed by atoms with van der Waals surface area (Å²) in [4.78, 5) is 30.9. The molecule has 0 radical (unpaired) electrons. The standard InChI is InChI=1S/C27H23N5O3S2/c1-14-21(15(2)29-24-22(14)23(28)30-31-24)19-5-3-4-17(12-19)13-20-25(33)32(27(36)37-20)11-10-16-6-8-18(9-7-16)26(34)35/h3-9,12-13H,10-11H2,1-2H3,(H,34,35)(H3,28,29,30,31)/b20-13-. The summed E-state index contributed by atoms with van der Waals surface area (Å²) in [5.74, 6) is -0.617. The van der Waals surface area contributed by atoms with Crippen LogP contribution in [0.2, 0.25) is 0 Å². The number of hydrogen-bond acceptors (Lipinski definition) is 7. The van der Waals surface area contributed by atoms with Gasteiger partial charge in [0.1, 0.15) is 10.1 Å². The van der Waals surface area contributed by atoms with Crippen molar-refractivity contribution in [3.63, 3.8) is 0 Å². The van der Waals surface area contributed by atoms with Gasteiger partial charge in [0.25, 0.3) is 5.91 Å². The molecule has 0 spiro atoms. The van der Waals surface area contributed by atoms with E-state index in [-0.39, 0.29) is 11.5 Å². The lowest BCUT2D eigenvalue weighted by Gasteiger charge is -2.14. The third kappa shape index (κ3) is 4.73. The number of pyridine rings is 1. The number of hydrogen-bond donors (Lipinski definition) is 3. The maximum absolute atomic E-state index is 13.1. The van der Waals surface area contributed by atoms with Crippen LogP contribution in [-0.4, -0.2) is 47.9 Å². The van der Waals surface area contributed by atoms with E-state index in [4.69, 9.17) is 23.1 Å².